The molecular weight excluding hydrogens is 1420 g/mol. The minimum Gasteiger partial charge on any atom is -0.455 e. The third-order valence-corrected chi connectivity index (χ3v) is 23.6. The van der Waals surface area contributed by atoms with E-state index in [0.29, 0.717) is 11.6 Å². The molecule has 24 rings (SSSR count). The highest BCUT2D eigenvalue weighted by atomic mass is 16.3. The standard InChI is InChI=1S/C108H62N4O4/c1-2-24-65(25-3-1)101-76-32-7-9-34-78(76)102(79-35-10-8-33-77(79)101)80-36-11-13-38-86(80)108-111-95(89-45-22-41-83-74-31-16-19-49-99(74)115-105(83)89)62-96(112-108)90-46-23-42-84-75-57-56-67(60-100(75)116-106(84)90)64-52-50-63(51-53-64)66-54-55-68-59-92(70-27-5-4-26-69(70)91(68)58-66)71-28-6-12-37-85(71)107-109-93(87-43-20-39-81-72-29-14-17-47-97(72)113-103(81)87)61-94(110-107)88-44-21-40-82-73-30-15-18-48-98(73)114-104(82)88/h1-62H. The summed E-state index contributed by atoms with van der Waals surface area (Å²) < 4.78 is 27.3. The Balaban J connectivity index is 0.592. The molecule has 0 aliphatic carbocycles. The van der Waals surface area contributed by atoms with Crippen LogP contribution < -0.4 is 0 Å². The molecule has 8 nitrogen and oxygen atoms in total. The van der Waals surface area contributed by atoms with Gasteiger partial charge < -0.3 is 17.7 Å². The molecule has 6 heterocycles. The lowest BCUT2D eigenvalue weighted by Gasteiger charge is -2.19. The van der Waals surface area contributed by atoms with Crippen molar-refractivity contribution >= 4 is 131 Å². The molecule has 0 spiro atoms. The molecule has 0 saturated heterocycles. The second-order valence-corrected chi connectivity index (χ2v) is 30.0. The van der Waals surface area contributed by atoms with Gasteiger partial charge in [-0.15, -0.1) is 0 Å². The van der Waals surface area contributed by atoms with E-state index in [1.54, 1.807) is 0 Å². The molecule has 0 atom stereocenters. The van der Waals surface area contributed by atoms with E-state index in [0.717, 1.165) is 221 Å². The molecular formula is C108H62N4O4. The quantitative estimate of drug-likeness (QED) is 0.0932. The van der Waals surface area contributed by atoms with Crippen molar-refractivity contribution in [3.63, 3.8) is 0 Å². The van der Waals surface area contributed by atoms with Gasteiger partial charge in [-0.25, -0.2) is 19.9 Å². The fraction of sp³-hybridized carbons (Fsp3) is 0. The van der Waals surface area contributed by atoms with Crippen molar-refractivity contribution in [1.82, 2.24) is 19.9 Å². The highest BCUT2D eigenvalue weighted by Crippen LogP contribution is 2.50. The fourth-order valence-corrected chi connectivity index (χ4v) is 18.2. The minimum atomic E-state index is 0.581. The lowest BCUT2D eigenvalue weighted by atomic mass is 9.84. The van der Waals surface area contributed by atoms with Gasteiger partial charge in [-0.05, 0) is 178 Å². The summed E-state index contributed by atoms with van der Waals surface area (Å²) in [7, 11) is 0. The fourth-order valence-electron chi connectivity index (χ4n) is 18.2. The monoisotopic (exact) mass is 1480 g/mol. The van der Waals surface area contributed by atoms with Crippen molar-refractivity contribution in [3.8, 4) is 123 Å². The number of furan rings is 4. The summed E-state index contributed by atoms with van der Waals surface area (Å²) in [6.07, 6.45) is 0. The first-order chi connectivity index (χ1) is 57.5. The van der Waals surface area contributed by atoms with Crippen LogP contribution in [0.5, 0.6) is 0 Å². The van der Waals surface area contributed by atoms with Crippen LogP contribution in [0.15, 0.2) is 394 Å². The van der Waals surface area contributed by atoms with Crippen LogP contribution in [-0.2, 0) is 0 Å². The van der Waals surface area contributed by atoms with E-state index >= 15 is 0 Å². The molecule has 0 aliphatic rings. The molecule has 24 aromatic rings. The second-order valence-electron chi connectivity index (χ2n) is 30.0. The summed E-state index contributed by atoms with van der Waals surface area (Å²) in [4.78, 5) is 22.3. The number of nitrogens with zero attached hydrogens (tertiary/aromatic N) is 4. The molecule has 0 N–H and O–H groups in total. The Hall–Kier alpha value is -15.6. The molecule has 6 aromatic heterocycles. The third-order valence-electron chi connectivity index (χ3n) is 23.6. The van der Waals surface area contributed by atoms with Crippen molar-refractivity contribution in [2.45, 2.75) is 0 Å². The van der Waals surface area contributed by atoms with Crippen LogP contribution in [0.3, 0.4) is 0 Å². The van der Waals surface area contributed by atoms with E-state index in [2.05, 4.69) is 340 Å². The Morgan fingerprint density at radius 1 is 0.155 bits per heavy atom. The van der Waals surface area contributed by atoms with Gasteiger partial charge in [0.05, 0.1) is 22.8 Å². The Bertz CT molecular complexity index is 8040. The van der Waals surface area contributed by atoms with Gasteiger partial charge >= 0.3 is 0 Å². The number of para-hydroxylation sites is 7. The van der Waals surface area contributed by atoms with Crippen LogP contribution in [0, 0.1) is 0 Å². The zero-order valence-electron chi connectivity index (χ0n) is 62.2. The van der Waals surface area contributed by atoms with E-state index in [9.17, 15) is 0 Å². The molecule has 0 aliphatic heterocycles. The zero-order valence-corrected chi connectivity index (χ0v) is 62.2. The highest BCUT2D eigenvalue weighted by Gasteiger charge is 2.27. The first-order valence-corrected chi connectivity index (χ1v) is 39.2. The molecule has 0 unspecified atom stereocenters. The van der Waals surface area contributed by atoms with E-state index in [1.807, 2.05) is 36.4 Å². The highest BCUT2D eigenvalue weighted by molar-refractivity contribution is 6.23. The molecule has 116 heavy (non-hydrogen) atoms. The Morgan fingerprint density at radius 2 is 0.483 bits per heavy atom. The summed E-state index contributed by atoms with van der Waals surface area (Å²) in [5, 5.41) is 17.4. The van der Waals surface area contributed by atoms with Crippen LogP contribution >= 0.6 is 0 Å². The van der Waals surface area contributed by atoms with Gasteiger partial charge in [0, 0.05) is 76.5 Å². The van der Waals surface area contributed by atoms with Crippen molar-refractivity contribution in [2.24, 2.45) is 0 Å². The van der Waals surface area contributed by atoms with Gasteiger partial charge in [-0.1, -0.05) is 297 Å². The van der Waals surface area contributed by atoms with Crippen molar-refractivity contribution < 1.29 is 17.7 Å². The van der Waals surface area contributed by atoms with Gasteiger partial charge in [-0.3, -0.25) is 0 Å². The summed E-state index contributed by atoms with van der Waals surface area (Å²) in [5.41, 5.74) is 25.5. The van der Waals surface area contributed by atoms with Crippen molar-refractivity contribution in [2.75, 3.05) is 0 Å². The van der Waals surface area contributed by atoms with Crippen molar-refractivity contribution in [3.05, 3.63) is 376 Å². The predicted molar refractivity (Wildman–Crippen MR) is 477 cm³/mol. The Labute approximate surface area is 663 Å². The minimum absolute atomic E-state index is 0.581. The van der Waals surface area contributed by atoms with Gasteiger partial charge in [-0.2, -0.15) is 0 Å². The van der Waals surface area contributed by atoms with E-state index in [4.69, 9.17) is 37.6 Å². The average molecular weight is 1480 g/mol. The summed E-state index contributed by atoms with van der Waals surface area (Å²) in [5.74, 6) is 1.17. The van der Waals surface area contributed by atoms with Gasteiger partial charge in [0.2, 0.25) is 0 Å². The van der Waals surface area contributed by atoms with Gasteiger partial charge in [0.15, 0.2) is 11.6 Å². The molecule has 8 heteroatoms. The average Bonchev–Trinajstić information content (AvgIpc) is 0.939. The SMILES string of the molecule is c1ccc(-c2c3ccccc3c(-c3ccccc3-c3nc(-c4cccc5c4oc4ccccc45)cc(-c4cccc5c4oc4cc(-c6ccc(-c7ccc8cc(-c9ccccc9-c9nc(-c%10cccc%11c%10oc%10ccccc%10%11)cc(-c%10cccc%11c%10oc%10ccccc%10%11)n9)c9ccccc9c8c7)cc6)ccc45)n3)c3ccccc23)cc1. The molecule has 0 bridgehead atoms. The lowest BCUT2D eigenvalue weighted by Crippen LogP contribution is -1.98. The lowest BCUT2D eigenvalue weighted by molar-refractivity contribution is 0.669. The molecule has 0 radical (unpaired) electrons. The van der Waals surface area contributed by atoms with Crippen LogP contribution in [0.4, 0.5) is 0 Å². The van der Waals surface area contributed by atoms with Gasteiger partial charge in [0.25, 0.3) is 0 Å². The molecule has 0 fully saturated rings. The van der Waals surface area contributed by atoms with E-state index in [1.165, 1.54) is 21.9 Å². The van der Waals surface area contributed by atoms with Crippen molar-refractivity contribution in [1.29, 1.82) is 0 Å². The maximum absolute atomic E-state index is 7.17. The van der Waals surface area contributed by atoms with Gasteiger partial charge in [0.1, 0.15) is 44.7 Å². The maximum Gasteiger partial charge on any atom is 0.161 e. The summed E-state index contributed by atoms with van der Waals surface area (Å²) in [6, 6.07) is 133. The molecule has 18 aromatic carbocycles. The van der Waals surface area contributed by atoms with Crippen LogP contribution in [0.1, 0.15) is 0 Å². The normalized spacial score (nSPS) is 12.0. The predicted octanol–water partition coefficient (Wildman–Crippen LogP) is 29.8. The van der Waals surface area contributed by atoms with E-state index in [-0.39, 0.29) is 0 Å². The number of benzene rings is 18. The first kappa shape index (κ1) is 65.1. The molecule has 538 valence electrons. The third kappa shape index (κ3) is 10.3. The largest absolute Gasteiger partial charge is 0.455 e. The smallest absolute Gasteiger partial charge is 0.161 e. The summed E-state index contributed by atoms with van der Waals surface area (Å²) >= 11 is 0. The number of rotatable bonds is 11. The van der Waals surface area contributed by atoms with Crippen LogP contribution in [0.2, 0.25) is 0 Å². The van der Waals surface area contributed by atoms with E-state index < -0.39 is 0 Å². The summed E-state index contributed by atoms with van der Waals surface area (Å²) in [6.45, 7) is 0. The van der Waals surface area contributed by atoms with Crippen LogP contribution in [0.25, 0.3) is 254 Å². The molecule has 0 saturated carbocycles. The Morgan fingerprint density at radius 3 is 0.957 bits per heavy atom. The number of hydrogen-bond donors (Lipinski definition) is 0. The first-order valence-electron chi connectivity index (χ1n) is 39.2. The topological polar surface area (TPSA) is 104 Å². The number of aromatic nitrogens is 4. The second kappa shape index (κ2) is 26.0. The number of hydrogen-bond acceptors (Lipinski definition) is 8. The van der Waals surface area contributed by atoms with Crippen LogP contribution in [-0.4, -0.2) is 19.9 Å². The maximum atomic E-state index is 7.17. The molecule has 0 amide bonds. The zero-order chi connectivity index (χ0) is 76.1. The Kier molecular flexibility index (Phi) is 14.6. The number of fused-ring (bicyclic) bond motifs is 17.